The first-order valence-electron chi connectivity index (χ1n) is 10.1. The number of halogens is 4. The number of nitrogens with zero attached hydrogens (tertiary/aromatic N) is 5. The van der Waals surface area contributed by atoms with Gasteiger partial charge in [-0.05, 0) is 31.2 Å². The second kappa shape index (κ2) is 8.06. The van der Waals surface area contributed by atoms with Crippen molar-refractivity contribution in [2.45, 2.75) is 49.7 Å². The van der Waals surface area contributed by atoms with E-state index in [1.165, 1.54) is 17.8 Å². The van der Waals surface area contributed by atoms with E-state index in [1.807, 2.05) is 0 Å². The third kappa shape index (κ3) is 3.81. The average molecular weight is 486 g/mol. The van der Waals surface area contributed by atoms with E-state index in [2.05, 4.69) is 15.2 Å². The normalized spacial score (nSPS) is 29.9. The lowest BCUT2D eigenvalue weighted by atomic mass is 9.91. The minimum Gasteiger partial charge on any atom is -0.388 e. The van der Waals surface area contributed by atoms with E-state index < -0.39 is 48.3 Å². The van der Waals surface area contributed by atoms with Gasteiger partial charge in [0.15, 0.2) is 5.82 Å². The van der Waals surface area contributed by atoms with Crippen LogP contribution < -0.4 is 0 Å². The first kappa shape index (κ1) is 22.3. The van der Waals surface area contributed by atoms with Gasteiger partial charge < -0.3 is 19.7 Å². The fourth-order valence-corrected chi connectivity index (χ4v) is 4.56. The van der Waals surface area contributed by atoms with Gasteiger partial charge in [0.1, 0.15) is 42.4 Å². The van der Waals surface area contributed by atoms with Crippen molar-refractivity contribution in [3.8, 4) is 5.69 Å². The number of aryl methyl sites for hydroxylation is 1. The van der Waals surface area contributed by atoms with Gasteiger partial charge in [-0.25, -0.2) is 9.67 Å². The summed E-state index contributed by atoms with van der Waals surface area (Å²) in [7, 11) is 0. The van der Waals surface area contributed by atoms with Crippen molar-refractivity contribution in [3.05, 3.63) is 58.9 Å². The Labute approximate surface area is 190 Å². The molecule has 2 N–H and O–H groups in total. The van der Waals surface area contributed by atoms with Crippen molar-refractivity contribution in [2.75, 3.05) is 6.61 Å². The lowest BCUT2D eigenvalue weighted by Gasteiger charge is -2.41. The molecule has 2 fully saturated rings. The van der Waals surface area contributed by atoms with Gasteiger partial charge in [-0.1, -0.05) is 11.6 Å². The number of aliphatic hydroxyl groups is 2. The number of hydrogen-bond acceptors (Lipinski definition) is 7. The van der Waals surface area contributed by atoms with Crippen LogP contribution in [-0.4, -0.2) is 65.8 Å². The number of rotatable bonds is 3. The minimum absolute atomic E-state index is 0.0230. The molecule has 1 aromatic carbocycles. The number of aromatic nitrogens is 5. The number of benzene rings is 1. The van der Waals surface area contributed by atoms with Crippen LogP contribution in [-0.2, 0) is 15.7 Å². The van der Waals surface area contributed by atoms with Crippen molar-refractivity contribution in [1.82, 2.24) is 24.5 Å². The molecule has 5 rings (SSSR count). The summed E-state index contributed by atoms with van der Waals surface area (Å²) in [4.78, 5) is 4.27. The predicted octanol–water partition coefficient (Wildman–Crippen LogP) is 2.25. The zero-order chi connectivity index (χ0) is 23.5. The SMILES string of the molecule is Cc1nc([C@@H]2OC3C(O)CO[C@@H]3C(n3cccn3)C2O)n(-c2cc(Cl)ccc2C(F)(F)F)n1. The highest BCUT2D eigenvalue weighted by Gasteiger charge is 2.54. The summed E-state index contributed by atoms with van der Waals surface area (Å²) < 4.78 is 55.3. The maximum absolute atomic E-state index is 13.8. The van der Waals surface area contributed by atoms with Crippen LogP contribution in [0.5, 0.6) is 0 Å². The average Bonchev–Trinajstić information content (AvgIpc) is 3.48. The summed E-state index contributed by atoms with van der Waals surface area (Å²) in [5.41, 5.74) is -1.34. The summed E-state index contributed by atoms with van der Waals surface area (Å²) in [5.74, 6) is 0.0948. The molecule has 2 saturated heterocycles. The van der Waals surface area contributed by atoms with Crippen molar-refractivity contribution in [3.63, 3.8) is 0 Å². The van der Waals surface area contributed by atoms with Crippen LogP contribution in [0, 0.1) is 6.92 Å². The Morgan fingerprint density at radius 3 is 2.70 bits per heavy atom. The molecule has 4 unspecified atom stereocenters. The minimum atomic E-state index is -4.69. The maximum atomic E-state index is 13.8. The van der Waals surface area contributed by atoms with E-state index in [9.17, 15) is 23.4 Å². The monoisotopic (exact) mass is 485 g/mol. The van der Waals surface area contributed by atoms with Crippen LogP contribution in [0.1, 0.15) is 29.4 Å². The molecule has 176 valence electrons. The van der Waals surface area contributed by atoms with Crippen LogP contribution in [0.3, 0.4) is 0 Å². The number of alkyl halides is 3. The first-order valence-corrected chi connectivity index (χ1v) is 10.5. The molecule has 2 aromatic heterocycles. The summed E-state index contributed by atoms with van der Waals surface area (Å²) in [6.07, 6.45) is -6.70. The molecule has 33 heavy (non-hydrogen) atoms. The van der Waals surface area contributed by atoms with E-state index >= 15 is 0 Å². The van der Waals surface area contributed by atoms with E-state index in [4.69, 9.17) is 21.1 Å². The standard InChI is InChI=1S/C20H19ClF3N5O4/c1-9-26-19(29(27-9)12-7-10(21)3-4-11(12)20(22,23)24)18-15(31)14(28-6-2-5-25-28)17-16(33-18)13(30)8-32-17/h2-7,13-18,30-31H,8H2,1H3/t13?,14?,15?,16?,17-,18-/m1/s1. The first-order chi connectivity index (χ1) is 15.6. The lowest BCUT2D eigenvalue weighted by molar-refractivity contribution is -0.196. The van der Waals surface area contributed by atoms with Gasteiger partial charge in [0, 0.05) is 17.4 Å². The summed E-state index contributed by atoms with van der Waals surface area (Å²) >= 11 is 6.00. The van der Waals surface area contributed by atoms with Crippen molar-refractivity contribution in [2.24, 2.45) is 0 Å². The zero-order valence-corrected chi connectivity index (χ0v) is 17.9. The van der Waals surface area contributed by atoms with Gasteiger partial charge in [-0.3, -0.25) is 4.68 Å². The van der Waals surface area contributed by atoms with Gasteiger partial charge in [-0.15, -0.1) is 0 Å². The van der Waals surface area contributed by atoms with Gasteiger partial charge >= 0.3 is 6.18 Å². The van der Waals surface area contributed by atoms with Crippen molar-refractivity contribution in [1.29, 1.82) is 0 Å². The molecule has 4 heterocycles. The topological polar surface area (TPSA) is 107 Å². The Bertz CT molecular complexity index is 1160. The molecule has 0 aliphatic carbocycles. The van der Waals surface area contributed by atoms with Crippen LogP contribution in [0.4, 0.5) is 13.2 Å². The molecule has 0 amide bonds. The maximum Gasteiger partial charge on any atom is 0.418 e. The predicted molar refractivity (Wildman–Crippen MR) is 107 cm³/mol. The van der Waals surface area contributed by atoms with Crippen molar-refractivity contribution < 1.29 is 32.9 Å². The van der Waals surface area contributed by atoms with Gasteiger partial charge in [0.2, 0.25) is 0 Å². The summed E-state index contributed by atoms with van der Waals surface area (Å²) in [5, 5.41) is 30.1. The van der Waals surface area contributed by atoms with Crippen molar-refractivity contribution >= 4 is 11.6 Å². The Balaban J connectivity index is 1.64. The molecule has 0 bridgehead atoms. The highest BCUT2D eigenvalue weighted by atomic mass is 35.5. The fourth-order valence-electron chi connectivity index (χ4n) is 4.39. The molecule has 0 spiro atoms. The van der Waals surface area contributed by atoms with Crippen LogP contribution in [0.15, 0.2) is 36.7 Å². The Hall–Kier alpha value is -2.51. The van der Waals surface area contributed by atoms with E-state index in [-0.39, 0.29) is 29.0 Å². The molecule has 2 aliphatic rings. The highest BCUT2D eigenvalue weighted by Crippen LogP contribution is 2.43. The van der Waals surface area contributed by atoms with Gasteiger partial charge in [-0.2, -0.15) is 23.4 Å². The van der Waals surface area contributed by atoms with Crippen LogP contribution in [0.25, 0.3) is 5.69 Å². The number of fused-ring (bicyclic) bond motifs is 1. The number of hydrogen-bond donors (Lipinski definition) is 2. The molecular weight excluding hydrogens is 467 g/mol. The molecular formula is C20H19ClF3N5O4. The summed E-state index contributed by atoms with van der Waals surface area (Å²) in [6, 6.07) is 3.99. The van der Waals surface area contributed by atoms with Crippen LogP contribution >= 0.6 is 11.6 Å². The Kier molecular flexibility index (Phi) is 5.45. The number of ether oxygens (including phenoxy) is 2. The molecule has 0 saturated carbocycles. The molecule has 2 aliphatic heterocycles. The third-order valence-corrected chi connectivity index (χ3v) is 6.01. The molecule has 3 aromatic rings. The largest absolute Gasteiger partial charge is 0.418 e. The van der Waals surface area contributed by atoms with E-state index in [0.29, 0.717) is 0 Å². The second-order valence-electron chi connectivity index (χ2n) is 7.94. The lowest BCUT2D eigenvalue weighted by Crippen LogP contribution is -2.52. The second-order valence-corrected chi connectivity index (χ2v) is 8.38. The third-order valence-electron chi connectivity index (χ3n) is 5.78. The quantitative estimate of drug-likeness (QED) is 0.586. The van der Waals surface area contributed by atoms with E-state index in [0.717, 1.165) is 22.9 Å². The van der Waals surface area contributed by atoms with E-state index in [1.54, 1.807) is 12.3 Å². The smallest absolute Gasteiger partial charge is 0.388 e. The molecule has 6 atom stereocenters. The number of aliphatic hydroxyl groups excluding tert-OH is 2. The zero-order valence-electron chi connectivity index (χ0n) is 17.1. The van der Waals surface area contributed by atoms with Gasteiger partial charge in [0.25, 0.3) is 0 Å². The Morgan fingerprint density at radius 2 is 2.00 bits per heavy atom. The van der Waals surface area contributed by atoms with Crippen LogP contribution in [0.2, 0.25) is 5.02 Å². The Morgan fingerprint density at radius 1 is 1.21 bits per heavy atom. The summed E-state index contributed by atoms with van der Waals surface area (Å²) in [6.45, 7) is 1.49. The molecule has 9 nitrogen and oxygen atoms in total. The highest BCUT2D eigenvalue weighted by molar-refractivity contribution is 6.30. The molecule has 13 heteroatoms. The fraction of sp³-hybridized carbons (Fsp3) is 0.450. The molecule has 0 radical (unpaired) electrons. The van der Waals surface area contributed by atoms with Gasteiger partial charge in [0.05, 0.1) is 17.9 Å².